The van der Waals surface area contributed by atoms with Gasteiger partial charge in [-0.25, -0.2) is 0 Å². The van der Waals surface area contributed by atoms with Gasteiger partial charge in [-0.15, -0.1) is 0 Å². The van der Waals surface area contributed by atoms with Crippen molar-refractivity contribution in [3.8, 4) is 0 Å². The summed E-state index contributed by atoms with van der Waals surface area (Å²) in [4.78, 5) is 5.13. The highest BCUT2D eigenvalue weighted by molar-refractivity contribution is 5.69. The van der Waals surface area contributed by atoms with Crippen molar-refractivity contribution in [2.75, 3.05) is 9.80 Å². The fourth-order valence-corrected chi connectivity index (χ4v) is 5.93. The van der Waals surface area contributed by atoms with E-state index < -0.39 is 5.89 Å². The zero-order valence-electron chi connectivity index (χ0n) is 17.2. The summed E-state index contributed by atoms with van der Waals surface area (Å²) in [5, 5.41) is 0. The van der Waals surface area contributed by atoms with Crippen LogP contribution in [0.2, 0.25) is 0 Å². The molecule has 5 rings (SSSR count). The predicted molar refractivity (Wildman–Crippen MR) is 110 cm³/mol. The molecule has 3 unspecified atom stereocenters. The van der Waals surface area contributed by atoms with Crippen molar-refractivity contribution < 1.29 is 1.37 Å². The second kappa shape index (κ2) is 6.04. The highest BCUT2D eigenvalue weighted by Gasteiger charge is 2.54. The molecular weight excluding hydrogens is 316 g/mol. The Kier molecular flexibility index (Phi) is 3.52. The highest BCUT2D eigenvalue weighted by atomic mass is 15.5. The number of para-hydroxylation sites is 2. The van der Waals surface area contributed by atoms with Crippen LogP contribution in [-0.4, -0.2) is 18.2 Å². The second-order valence-corrected chi connectivity index (χ2v) is 8.37. The van der Waals surface area contributed by atoms with Gasteiger partial charge in [0.05, 0.1) is 12.2 Å². The fourth-order valence-electron chi connectivity index (χ4n) is 5.93. The molecule has 2 aliphatic heterocycles. The Labute approximate surface area is 159 Å². The topological polar surface area (TPSA) is 6.48 Å². The van der Waals surface area contributed by atoms with Crippen molar-refractivity contribution in [3.63, 3.8) is 0 Å². The summed E-state index contributed by atoms with van der Waals surface area (Å²) in [5.74, 6) is -0.0294. The molecule has 0 spiro atoms. The minimum Gasteiger partial charge on any atom is -0.346 e. The number of fused-ring (bicyclic) bond motifs is 3. The fraction of sp³-hybridized carbons (Fsp3) is 0.500. The van der Waals surface area contributed by atoms with Crippen LogP contribution < -0.4 is 9.80 Å². The van der Waals surface area contributed by atoms with Crippen molar-refractivity contribution in [1.82, 2.24) is 0 Å². The smallest absolute Gasteiger partial charge is 0.0994 e. The van der Waals surface area contributed by atoms with E-state index in [0.717, 1.165) is 0 Å². The first-order valence-corrected chi connectivity index (χ1v) is 10.3. The number of anilines is 2. The molecule has 0 bridgehead atoms. The van der Waals surface area contributed by atoms with Crippen LogP contribution in [0.1, 0.15) is 57.9 Å². The van der Waals surface area contributed by atoms with E-state index in [9.17, 15) is 1.37 Å². The molecule has 3 aliphatic rings. The van der Waals surface area contributed by atoms with Gasteiger partial charge in [0.2, 0.25) is 0 Å². The summed E-state index contributed by atoms with van der Waals surface area (Å²) in [6, 6.07) is 18.0. The third-order valence-corrected chi connectivity index (χ3v) is 7.00. The van der Waals surface area contributed by atoms with Crippen molar-refractivity contribution in [1.29, 1.82) is 0 Å². The Morgan fingerprint density at radius 2 is 1.54 bits per heavy atom. The number of rotatable bonds is 2. The van der Waals surface area contributed by atoms with Crippen LogP contribution in [0.3, 0.4) is 0 Å². The molecule has 2 fully saturated rings. The summed E-state index contributed by atoms with van der Waals surface area (Å²) >= 11 is 0. The van der Waals surface area contributed by atoms with E-state index in [1.54, 1.807) is 0 Å². The van der Waals surface area contributed by atoms with Gasteiger partial charge >= 0.3 is 0 Å². The minimum absolute atomic E-state index is 0.215. The maximum absolute atomic E-state index is 9.85. The maximum atomic E-state index is 9.85. The van der Waals surface area contributed by atoms with Crippen molar-refractivity contribution in [2.45, 2.75) is 70.6 Å². The third-order valence-electron chi connectivity index (χ3n) is 7.00. The molecule has 2 aromatic rings. The van der Waals surface area contributed by atoms with Crippen LogP contribution in [0.4, 0.5) is 11.4 Å². The van der Waals surface area contributed by atoms with E-state index in [1.807, 2.05) is 0 Å². The molecule has 1 saturated heterocycles. The Morgan fingerprint density at radius 3 is 2.27 bits per heavy atom. The molecular formula is C24H30N2. The lowest BCUT2D eigenvalue weighted by Crippen LogP contribution is -2.39. The van der Waals surface area contributed by atoms with E-state index in [2.05, 4.69) is 79.1 Å². The normalized spacial score (nSPS) is 34.1. The first-order valence-electron chi connectivity index (χ1n) is 10.8. The first-order chi connectivity index (χ1) is 13.0. The lowest BCUT2D eigenvalue weighted by Gasteiger charge is -2.33. The number of nitrogens with zero attached hydrogens (tertiary/aromatic N) is 2. The van der Waals surface area contributed by atoms with E-state index in [1.165, 1.54) is 48.2 Å². The molecule has 1 saturated carbocycles. The van der Waals surface area contributed by atoms with Crippen LogP contribution in [0.5, 0.6) is 0 Å². The largest absolute Gasteiger partial charge is 0.346 e. The summed E-state index contributed by atoms with van der Waals surface area (Å²) < 4.78 is 9.85. The molecule has 0 amide bonds. The minimum atomic E-state index is -0.502. The molecule has 2 heteroatoms. The summed E-state index contributed by atoms with van der Waals surface area (Å²) in [6.45, 7) is 6.87. The number of hydrogen-bond donors (Lipinski definition) is 0. The number of hydrogen-bond acceptors (Lipinski definition) is 2. The molecule has 2 aromatic carbocycles. The average Bonchev–Trinajstić information content (AvgIpc) is 3.35. The van der Waals surface area contributed by atoms with E-state index >= 15 is 0 Å². The Hall–Kier alpha value is -1.96. The quantitative estimate of drug-likeness (QED) is 0.686. The zero-order chi connectivity index (χ0) is 18.8. The zero-order valence-corrected chi connectivity index (χ0v) is 16.2. The maximum Gasteiger partial charge on any atom is 0.0994 e. The Morgan fingerprint density at radius 1 is 0.885 bits per heavy atom. The standard InChI is InChI=1S/C24H30N2/c1-16-10-4-8-14-21(16)25-17(2)24-23(19-11-5-6-12-19)20-13-7-9-15-22(20)26(24)18(25)3/h4,7-10,13-15,17-19,23-24H,5-6,11-12H2,1-3H3/t17-,18?,23?,24?/m0/s1/i23D. The molecule has 0 aromatic heterocycles. The van der Waals surface area contributed by atoms with Gasteiger partial charge < -0.3 is 9.80 Å². The molecule has 26 heavy (non-hydrogen) atoms. The van der Waals surface area contributed by atoms with Gasteiger partial charge in [0.15, 0.2) is 0 Å². The Bertz CT molecular complexity index is 859. The lowest BCUT2D eigenvalue weighted by molar-refractivity contribution is 0.376. The van der Waals surface area contributed by atoms with Crippen LogP contribution >= 0.6 is 0 Å². The summed E-state index contributed by atoms with van der Waals surface area (Å²) in [6.07, 6.45) is 5.24. The van der Waals surface area contributed by atoms with Gasteiger partial charge in [0.25, 0.3) is 0 Å². The van der Waals surface area contributed by atoms with Crippen LogP contribution in [-0.2, 0) is 0 Å². The summed E-state index contributed by atoms with van der Waals surface area (Å²) in [7, 11) is 0. The summed E-state index contributed by atoms with van der Waals surface area (Å²) in [5.41, 5.74) is 5.20. The van der Waals surface area contributed by atoms with Gasteiger partial charge in [0, 0.05) is 24.7 Å². The van der Waals surface area contributed by atoms with Gasteiger partial charge in [-0.05, 0) is 62.8 Å². The molecule has 2 heterocycles. The van der Waals surface area contributed by atoms with Crippen LogP contribution in [0.15, 0.2) is 48.5 Å². The van der Waals surface area contributed by atoms with Crippen molar-refractivity contribution in [3.05, 3.63) is 59.7 Å². The van der Waals surface area contributed by atoms with Gasteiger partial charge in [0.1, 0.15) is 0 Å². The van der Waals surface area contributed by atoms with Crippen molar-refractivity contribution >= 4 is 11.4 Å². The Balaban J connectivity index is 1.66. The lowest BCUT2D eigenvalue weighted by atomic mass is 9.79. The van der Waals surface area contributed by atoms with Gasteiger partial charge in [-0.3, -0.25) is 0 Å². The third kappa shape index (κ3) is 2.17. The van der Waals surface area contributed by atoms with Gasteiger partial charge in [-0.2, -0.15) is 0 Å². The number of aryl methyl sites for hydroxylation is 1. The number of benzene rings is 2. The molecule has 4 atom stereocenters. The molecule has 136 valence electrons. The molecule has 2 nitrogen and oxygen atoms in total. The average molecular weight is 348 g/mol. The molecule has 1 aliphatic carbocycles. The first kappa shape index (κ1) is 15.1. The highest BCUT2D eigenvalue weighted by Crippen LogP contribution is 2.55. The van der Waals surface area contributed by atoms with E-state index in [-0.39, 0.29) is 12.2 Å². The van der Waals surface area contributed by atoms with Gasteiger partial charge in [-0.1, -0.05) is 49.2 Å². The van der Waals surface area contributed by atoms with E-state index in [4.69, 9.17) is 0 Å². The van der Waals surface area contributed by atoms with Crippen LogP contribution in [0, 0.1) is 12.8 Å². The van der Waals surface area contributed by atoms with Crippen molar-refractivity contribution in [2.24, 2.45) is 5.92 Å². The molecule has 0 radical (unpaired) electrons. The van der Waals surface area contributed by atoms with Crippen LogP contribution in [0.25, 0.3) is 0 Å². The second-order valence-electron chi connectivity index (χ2n) is 8.37. The van der Waals surface area contributed by atoms with E-state index in [0.29, 0.717) is 12.0 Å². The monoisotopic (exact) mass is 347 g/mol. The SMILES string of the molecule is [2H]C1(C2CCCC2)c2ccccc2N2C(C)N(c3ccccc3C)[C@@H](C)C21. The molecule has 0 N–H and O–H groups in total. The predicted octanol–water partition coefficient (Wildman–Crippen LogP) is 5.71.